The van der Waals surface area contributed by atoms with Crippen molar-refractivity contribution in [2.24, 2.45) is 0 Å². The summed E-state index contributed by atoms with van der Waals surface area (Å²) in [7, 11) is 6.14. The Balaban J connectivity index is 1.84. The maximum Gasteiger partial charge on any atom is 0.270 e. The van der Waals surface area contributed by atoms with Crippen LogP contribution in [-0.2, 0) is 4.79 Å². The number of rotatable bonds is 9. The average molecular weight is 441 g/mol. The Hall–Kier alpha value is -3.88. The van der Waals surface area contributed by atoms with Gasteiger partial charge in [0.1, 0.15) is 23.7 Å². The minimum Gasteiger partial charge on any atom is -0.497 e. The van der Waals surface area contributed by atoms with Crippen molar-refractivity contribution in [1.29, 1.82) is 0 Å². The van der Waals surface area contributed by atoms with Gasteiger partial charge in [0.05, 0.1) is 34.0 Å². The molecular formula is C23H27N3O6. The SMILES string of the molecule is CCN(CC(=O)Nc1cccc(OC)c1)C(=O)c1cc2c(OC)cc(OC)c(OC)c2[nH]1. The number of carbonyl (C=O) groups excluding carboxylic acids is 2. The van der Waals surface area contributed by atoms with Gasteiger partial charge in [0, 0.05) is 29.8 Å². The monoisotopic (exact) mass is 441 g/mol. The van der Waals surface area contributed by atoms with Crippen LogP contribution >= 0.6 is 0 Å². The van der Waals surface area contributed by atoms with Crippen molar-refractivity contribution >= 4 is 28.4 Å². The quantitative estimate of drug-likeness (QED) is 0.528. The second-order valence-corrected chi connectivity index (χ2v) is 6.89. The second kappa shape index (κ2) is 9.95. The molecule has 0 aliphatic heterocycles. The molecule has 2 N–H and O–H groups in total. The maximum absolute atomic E-state index is 13.2. The van der Waals surface area contributed by atoms with E-state index < -0.39 is 0 Å². The largest absolute Gasteiger partial charge is 0.497 e. The lowest BCUT2D eigenvalue weighted by Gasteiger charge is -2.19. The van der Waals surface area contributed by atoms with Gasteiger partial charge in [-0.2, -0.15) is 0 Å². The van der Waals surface area contributed by atoms with E-state index in [2.05, 4.69) is 10.3 Å². The van der Waals surface area contributed by atoms with Gasteiger partial charge < -0.3 is 34.1 Å². The molecule has 3 rings (SSSR count). The minimum atomic E-state index is -0.326. The first-order valence-electron chi connectivity index (χ1n) is 10.0. The lowest BCUT2D eigenvalue weighted by atomic mass is 10.2. The smallest absolute Gasteiger partial charge is 0.270 e. The van der Waals surface area contributed by atoms with Crippen molar-refractivity contribution in [3.05, 3.63) is 42.1 Å². The van der Waals surface area contributed by atoms with E-state index in [0.717, 1.165) is 0 Å². The molecule has 1 heterocycles. The van der Waals surface area contributed by atoms with E-state index in [-0.39, 0.29) is 18.4 Å². The van der Waals surface area contributed by atoms with Gasteiger partial charge in [-0.1, -0.05) is 6.07 Å². The number of ether oxygens (including phenoxy) is 4. The topological polar surface area (TPSA) is 102 Å². The van der Waals surface area contributed by atoms with E-state index >= 15 is 0 Å². The van der Waals surface area contributed by atoms with Crippen LogP contribution in [0.5, 0.6) is 23.0 Å². The molecule has 1 aromatic heterocycles. The maximum atomic E-state index is 13.2. The highest BCUT2D eigenvalue weighted by molar-refractivity contribution is 6.04. The van der Waals surface area contributed by atoms with E-state index in [1.807, 2.05) is 6.92 Å². The summed E-state index contributed by atoms with van der Waals surface area (Å²) >= 11 is 0. The van der Waals surface area contributed by atoms with Gasteiger partial charge in [-0.3, -0.25) is 9.59 Å². The second-order valence-electron chi connectivity index (χ2n) is 6.89. The third-order valence-electron chi connectivity index (χ3n) is 5.03. The van der Waals surface area contributed by atoms with Crippen molar-refractivity contribution in [3.63, 3.8) is 0 Å². The Kier molecular flexibility index (Phi) is 7.09. The van der Waals surface area contributed by atoms with Crippen LogP contribution in [0.3, 0.4) is 0 Å². The van der Waals surface area contributed by atoms with Crippen LogP contribution < -0.4 is 24.3 Å². The number of amides is 2. The molecule has 0 aliphatic rings. The Morgan fingerprint density at radius 3 is 2.34 bits per heavy atom. The Bertz CT molecular complexity index is 1120. The first kappa shape index (κ1) is 22.8. The van der Waals surface area contributed by atoms with Crippen LogP contribution in [0.15, 0.2) is 36.4 Å². The van der Waals surface area contributed by atoms with Crippen LogP contribution in [0.25, 0.3) is 10.9 Å². The van der Waals surface area contributed by atoms with Crippen LogP contribution in [-0.4, -0.2) is 63.2 Å². The molecule has 9 heteroatoms. The van der Waals surface area contributed by atoms with E-state index in [1.54, 1.807) is 43.5 Å². The summed E-state index contributed by atoms with van der Waals surface area (Å²) in [4.78, 5) is 30.3. The highest BCUT2D eigenvalue weighted by Crippen LogP contribution is 2.41. The molecule has 0 radical (unpaired) electrons. The molecule has 2 amide bonds. The molecule has 0 bridgehead atoms. The zero-order valence-electron chi connectivity index (χ0n) is 18.8. The van der Waals surface area contributed by atoms with Gasteiger partial charge in [-0.05, 0) is 25.1 Å². The molecule has 0 unspecified atom stereocenters. The standard InChI is InChI=1S/C23H27N3O6/c1-6-26(13-20(27)24-14-8-7-9-15(10-14)29-2)23(28)17-11-16-18(30-3)12-19(31-4)22(32-5)21(16)25-17/h7-12,25H,6,13H2,1-5H3,(H,24,27). The average Bonchev–Trinajstić information content (AvgIpc) is 3.26. The molecule has 3 aromatic rings. The van der Waals surface area contributed by atoms with E-state index in [4.69, 9.17) is 18.9 Å². The van der Waals surface area contributed by atoms with Gasteiger partial charge in [0.25, 0.3) is 5.91 Å². The molecular weight excluding hydrogens is 414 g/mol. The van der Waals surface area contributed by atoms with Gasteiger partial charge >= 0.3 is 0 Å². The summed E-state index contributed by atoms with van der Waals surface area (Å²) in [6.07, 6.45) is 0. The van der Waals surface area contributed by atoms with Crippen molar-refractivity contribution in [1.82, 2.24) is 9.88 Å². The van der Waals surface area contributed by atoms with Crippen molar-refractivity contribution in [2.45, 2.75) is 6.92 Å². The fourth-order valence-corrected chi connectivity index (χ4v) is 3.42. The van der Waals surface area contributed by atoms with Crippen LogP contribution in [0, 0.1) is 0 Å². The van der Waals surface area contributed by atoms with Gasteiger partial charge in [-0.25, -0.2) is 0 Å². The van der Waals surface area contributed by atoms with Crippen LogP contribution in [0.4, 0.5) is 5.69 Å². The number of nitrogens with one attached hydrogen (secondary N) is 2. The molecule has 0 spiro atoms. The number of fused-ring (bicyclic) bond motifs is 1. The molecule has 9 nitrogen and oxygen atoms in total. The van der Waals surface area contributed by atoms with E-state index in [0.29, 0.717) is 51.8 Å². The molecule has 170 valence electrons. The fourth-order valence-electron chi connectivity index (χ4n) is 3.42. The number of H-pyrrole nitrogens is 1. The minimum absolute atomic E-state index is 0.112. The van der Waals surface area contributed by atoms with Gasteiger partial charge in [0.2, 0.25) is 5.91 Å². The Labute approximate surface area is 186 Å². The highest BCUT2D eigenvalue weighted by atomic mass is 16.5. The zero-order chi connectivity index (χ0) is 23.3. The van der Waals surface area contributed by atoms with Gasteiger partial charge in [-0.15, -0.1) is 0 Å². The molecule has 0 fully saturated rings. The Morgan fingerprint density at radius 2 is 1.72 bits per heavy atom. The van der Waals surface area contributed by atoms with E-state index in [1.165, 1.54) is 26.2 Å². The number of carbonyl (C=O) groups is 2. The zero-order valence-corrected chi connectivity index (χ0v) is 18.8. The fraction of sp³-hybridized carbons (Fsp3) is 0.304. The predicted molar refractivity (Wildman–Crippen MR) is 121 cm³/mol. The number of anilines is 1. The third-order valence-corrected chi connectivity index (χ3v) is 5.03. The normalized spacial score (nSPS) is 10.5. The summed E-state index contributed by atoms with van der Waals surface area (Å²) in [6, 6.07) is 10.4. The summed E-state index contributed by atoms with van der Waals surface area (Å²) in [5, 5.41) is 3.46. The lowest BCUT2D eigenvalue weighted by Crippen LogP contribution is -2.38. The molecule has 2 aromatic carbocycles. The van der Waals surface area contributed by atoms with Crippen LogP contribution in [0.2, 0.25) is 0 Å². The predicted octanol–water partition coefficient (Wildman–Crippen LogP) is 3.30. The molecule has 0 saturated heterocycles. The van der Waals surface area contributed by atoms with Crippen molar-refractivity contribution in [2.75, 3.05) is 46.8 Å². The lowest BCUT2D eigenvalue weighted by molar-refractivity contribution is -0.116. The van der Waals surface area contributed by atoms with Crippen molar-refractivity contribution in [3.8, 4) is 23.0 Å². The number of likely N-dealkylation sites (N-methyl/N-ethyl adjacent to an activating group) is 1. The first-order chi connectivity index (χ1) is 15.4. The molecule has 0 atom stereocenters. The van der Waals surface area contributed by atoms with E-state index in [9.17, 15) is 9.59 Å². The molecule has 0 saturated carbocycles. The van der Waals surface area contributed by atoms with Crippen molar-refractivity contribution < 1.29 is 28.5 Å². The third kappa shape index (κ3) is 4.56. The number of hydrogen-bond donors (Lipinski definition) is 2. The summed E-state index contributed by atoms with van der Waals surface area (Å²) < 4.78 is 21.4. The Morgan fingerprint density at radius 1 is 0.969 bits per heavy atom. The van der Waals surface area contributed by atoms with Crippen LogP contribution in [0.1, 0.15) is 17.4 Å². The summed E-state index contributed by atoms with van der Waals surface area (Å²) in [5.41, 5.74) is 1.47. The number of aromatic nitrogens is 1. The number of aromatic amines is 1. The molecule has 32 heavy (non-hydrogen) atoms. The number of benzene rings is 2. The number of methoxy groups -OCH3 is 4. The number of nitrogens with zero attached hydrogens (tertiary/aromatic N) is 1. The summed E-state index contributed by atoms with van der Waals surface area (Å²) in [6.45, 7) is 2.04. The van der Waals surface area contributed by atoms with Gasteiger partial charge in [0.15, 0.2) is 11.5 Å². The summed E-state index contributed by atoms with van der Waals surface area (Å²) in [5.74, 6) is 1.45. The molecule has 0 aliphatic carbocycles. The highest BCUT2D eigenvalue weighted by Gasteiger charge is 2.23. The first-order valence-corrected chi connectivity index (χ1v) is 10.0. The number of hydrogen-bond acceptors (Lipinski definition) is 6.